The van der Waals surface area contributed by atoms with Crippen LogP contribution < -0.4 is 5.69 Å². The highest BCUT2D eigenvalue weighted by Gasteiger charge is 2.09. The molecule has 2 heterocycles. The van der Waals surface area contributed by atoms with E-state index in [0.29, 0.717) is 5.69 Å². The number of halogens is 1. The summed E-state index contributed by atoms with van der Waals surface area (Å²) < 4.78 is 5.77. The summed E-state index contributed by atoms with van der Waals surface area (Å²) in [6.45, 7) is 0. The van der Waals surface area contributed by atoms with Gasteiger partial charge in [0.1, 0.15) is 5.69 Å². The van der Waals surface area contributed by atoms with Crippen LogP contribution in [0.3, 0.4) is 0 Å². The van der Waals surface area contributed by atoms with Gasteiger partial charge in [0.15, 0.2) is 0 Å². The van der Waals surface area contributed by atoms with Gasteiger partial charge in [-0.1, -0.05) is 0 Å². The molecule has 0 radical (unpaired) electrons. The quantitative estimate of drug-likeness (QED) is 0.690. The molecule has 0 amide bonds. The van der Waals surface area contributed by atoms with E-state index < -0.39 is 5.69 Å². The predicted molar refractivity (Wildman–Crippen MR) is 39.3 cm³/mol. The highest BCUT2D eigenvalue weighted by molar-refractivity contribution is 6.30. The van der Waals surface area contributed by atoms with Crippen LogP contribution in [0.2, 0.25) is 5.22 Å². The largest absolute Gasteiger partial charge is 0.451 e. The number of aromatic nitrogens is 4. The van der Waals surface area contributed by atoms with E-state index in [1.165, 1.54) is 12.3 Å². The molecule has 12 heavy (non-hydrogen) atoms. The summed E-state index contributed by atoms with van der Waals surface area (Å²) in [4.78, 5) is 11.0. The maximum absolute atomic E-state index is 11.0. The van der Waals surface area contributed by atoms with Crippen molar-refractivity contribution in [3.63, 3.8) is 0 Å². The molecule has 0 spiro atoms. The van der Waals surface area contributed by atoms with Crippen molar-refractivity contribution in [3.8, 4) is 5.69 Å². The summed E-state index contributed by atoms with van der Waals surface area (Å²) in [5.41, 5.74) is -0.0892. The number of nitrogens with one attached hydrogen (secondary N) is 1. The Morgan fingerprint density at radius 2 is 2.50 bits per heavy atom. The van der Waals surface area contributed by atoms with E-state index in [2.05, 4.69) is 15.5 Å². The van der Waals surface area contributed by atoms with Gasteiger partial charge in [-0.3, -0.25) is 0 Å². The van der Waals surface area contributed by atoms with Gasteiger partial charge in [-0.25, -0.2) is 9.89 Å². The first kappa shape index (κ1) is 7.11. The molecule has 0 aliphatic carbocycles. The van der Waals surface area contributed by atoms with Crippen molar-refractivity contribution in [1.82, 2.24) is 20.2 Å². The van der Waals surface area contributed by atoms with Gasteiger partial charge < -0.3 is 4.42 Å². The van der Waals surface area contributed by atoms with Gasteiger partial charge in [-0.05, 0) is 22.0 Å². The fourth-order valence-corrected chi connectivity index (χ4v) is 0.988. The van der Waals surface area contributed by atoms with Gasteiger partial charge in [0.2, 0.25) is 5.22 Å². The molecule has 0 aliphatic rings. The fraction of sp³-hybridized carbons (Fsp3) is 0. The molecule has 62 valence electrons. The number of furan rings is 1. The van der Waals surface area contributed by atoms with Crippen molar-refractivity contribution in [1.29, 1.82) is 0 Å². The average molecular weight is 187 g/mol. The Kier molecular flexibility index (Phi) is 1.47. The Bertz CT molecular complexity index is 442. The third kappa shape index (κ3) is 0.928. The molecular weight excluding hydrogens is 184 g/mol. The van der Waals surface area contributed by atoms with Gasteiger partial charge in [0, 0.05) is 6.07 Å². The van der Waals surface area contributed by atoms with E-state index in [9.17, 15) is 4.79 Å². The number of hydrogen-bond acceptors (Lipinski definition) is 4. The van der Waals surface area contributed by atoms with Crippen molar-refractivity contribution in [3.05, 3.63) is 28.0 Å². The zero-order chi connectivity index (χ0) is 8.55. The number of aromatic amines is 1. The molecule has 1 N–H and O–H groups in total. The number of nitrogens with zero attached hydrogens (tertiary/aromatic N) is 3. The first-order valence-corrected chi connectivity index (χ1v) is 3.40. The summed E-state index contributed by atoms with van der Waals surface area (Å²) in [6, 6.07) is 1.52. The SMILES string of the molecule is O=c1[nH]nnn1-c1ccoc1Cl. The maximum atomic E-state index is 11.0. The molecular formula is C5H3ClN4O2. The second-order valence-electron chi connectivity index (χ2n) is 2.00. The Morgan fingerprint density at radius 1 is 1.67 bits per heavy atom. The molecule has 0 aromatic carbocycles. The van der Waals surface area contributed by atoms with Crippen LogP contribution >= 0.6 is 11.6 Å². The summed E-state index contributed by atoms with van der Waals surface area (Å²) in [7, 11) is 0. The van der Waals surface area contributed by atoms with Crippen LogP contribution in [-0.2, 0) is 0 Å². The molecule has 2 rings (SSSR count). The highest BCUT2D eigenvalue weighted by atomic mass is 35.5. The monoisotopic (exact) mass is 186 g/mol. The van der Waals surface area contributed by atoms with Gasteiger partial charge in [-0.15, -0.1) is 0 Å². The average Bonchev–Trinajstić information content (AvgIpc) is 2.59. The second kappa shape index (κ2) is 2.49. The third-order valence-electron chi connectivity index (χ3n) is 1.30. The van der Waals surface area contributed by atoms with Crippen molar-refractivity contribution >= 4 is 11.6 Å². The Hall–Kier alpha value is -1.56. The van der Waals surface area contributed by atoms with E-state index in [1.54, 1.807) is 0 Å². The van der Waals surface area contributed by atoms with E-state index >= 15 is 0 Å². The standard InChI is InChI=1S/C5H3ClN4O2/c6-4-3(1-2-12-4)10-5(11)7-8-9-10/h1-2H,(H,7,9,11). The summed E-state index contributed by atoms with van der Waals surface area (Å²) >= 11 is 5.60. The van der Waals surface area contributed by atoms with Gasteiger partial charge in [0.25, 0.3) is 0 Å². The highest BCUT2D eigenvalue weighted by Crippen LogP contribution is 2.18. The molecule has 0 saturated heterocycles. The predicted octanol–water partition coefficient (Wildman–Crippen LogP) is 0.202. The Labute approximate surface area is 70.7 Å². The van der Waals surface area contributed by atoms with Crippen molar-refractivity contribution in [2.24, 2.45) is 0 Å². The van der Waals surface area contributed by atoms with Gasteiger partial charge in [-0.2, -0.15) is 4.68 Å². The fourth-order valence-electron chi connectivity index (χ4n) is 0.793. The van der Waals surface area contributed by atoms with Crippen LogP contribution in [-0.4, -0.2) is 20.2 Å². The lowest BCUT2D eigenvalue weighted by Gasteiger charge is -1.89. The molecule has 2 aromatic heterocycles. The van der Waals surface area contributed by atoms with Crippen molar-refractivity contribution < 1.29 is 4.42 Å². The lowest BCUT2D eigenvalue weighted by atomic mass is 10.5. The summed E-state index contributed by atoms with van der Waals surface area (Å²) in [5, 5.41) is 9.00. The minimum absolute atomic E-state index is 0.103. The lowest BCUT2D eigenvalue weighted by molar-refractivity contribution is 0.565. The first-order valence-electron chi connectivity index (χ1n) is 3.03. The van der Waals surface area contributed by atoms with E-state index in [0.717, 1.165) is 4.68 Å². The second-order valence-corrected chi connectivity index (χ2v) is 2.34. The smallest absolute Gasteiger partial charge is 0.366 e. The molecule has 0 aliphatic heterocycles. The normalized spacial score (nSPS) is 10.4. The molecule has 6 nitrogen and oxygen atoms in total. The maximum Gasteiger partial charge on any atom is 0.366 e. The summed E-state index contributed by atoms with van der Waals surface area (Å²) in [6.07, 6.45) is 1.36. The van der Waals surface area contributed by atoms with Gasteiger partial charge in [0.05, 0.1) is 6.26 Å². The minimum atomic E-state index is -0.460. The van der Waals surface area contributed by atoms with Crippen LogP contribution in [0.1, 0.15) is 0 Å². The van der Waals surface area contributed by atoms with E-state index in [4.69, 9.17) is 16.0 Å². The Morgan fingerprint density at radius 3 is 3.00 bits per heavy atom. The van der Waals surface area contributed by atoms with Crippen LogP contribution in [0.25, 0.3) is 5.69 Å². The molecule has 0 fully saturated rings. The van der Waals surface area contributed by atoms with E-state index in [-0.39, 0.29) is 5.22 Å². The molecule has 0 atom stereocenters. The molecule has 0 unspecified atom stereocenters. The lowest BCUT2D eigenvalue weighted by Crippen LogP contribution is -2.15. The van der Waals surface area contributed by atoms with Crippen LogP contribution in [0.5, 0.6) is 0 Å². The molecule has 2 aromatic rings. The molecule has 0 saturated carbocycles. The van der Waals surface area contributed by atoms with Crippen LogP contribution in [0.15, 0.2) is 21.5 Å². The van der Waals surface area contributed by atoms with E-state index in [1.807, 2.05) is 0 Å². The minimum Gasteiger partial charge on any atom is -0.451 e. The molecule has 0 bridgehead atoms. The molecule has 7 heteroatoms. The van der Waals surface area contributed by atoms with Crippen molar-refractivity contribution in [2.45, 2.75) is 0 Å². The number of H-pyrrole nitrogens is 1. The first-order chi connectivity index (χ1) is 5.79. The zero-order valence-corrected chi connectivity index (χ0v) is 6.45. The van der Waals surface area contributed by atoms with Crippen LogP contribution in [0.4, 0.5) is 0 Å². The number of rotatable bonds is 1. The summed E-state index contributed by atoms with van der Waals surface area (Å²) in [5.74, 6) is 0. The van der Waals surface area contributed by atoms with Gasteiger partial charge >= 0.3 is 5.69 Å². The third-order valence-corrected chi connectivity index (χ3v) is 1.58. The van der Waals surface area contributed by atoms with Crippen LogP contribution in [0, 0.1) is 0 Å². The number of tetrazole rings is 1. The topological polar surface area (TPSA) is 76.7 Å². The van der Waals surface area contributed by atoms with Crippen molar-refractivity contribution in [2.75, 3.05) is 0 Å². The Balaban J connectivity index is 2.65. The number of hydrogen-bond donors (Lipinski definition) is 1. The zero-order valence-electron chi connectivity index (χ0n) is 5.69.